The second kappa shape index (κ2) is 5.27. The predicted molar refractivity (Wildman–Crippen MR) is 66.1 cm³/mol. The normalized spacial score (nSPS) is 13.8. The maximum Gasteiger partial charge on any atom is 0.0706 e. The van der Waals surface area contributed by atoms with E-state index in [1.54, 1.807) is 18.5 Å². The summed E-state index contributed by atoms with van der Waals surface area (Å²) in [6, 6.07) is 1.75. The lowest BCUT2D eigenvalue weighted by Crippen LogP contribution is -2.41. The van der Waals surface area contributed by atoms with E-state index in [0.29, 0.717) is 18.7 Å². The summed E-state index contributed by atoms with van der Waals surface area (Å²) in [6.07, 6.45) is 3.45. The van der Waals surface area contributed by atoms with Crippen molar-refractivity contribution >= 4 is 5.69 Å². The number of nitrogens with one attached hydrogen (secondary N) is 1. The molecule has 0 aromatic carbocycles. The van der Waals surface area contributed by atoms with Gasteiger partial charge in [-0.1, -0.05) is 0 Å². The number of aromatic nitrogens is 1. The molecule has 1 aromatic heterocycles. The van der Waals surface area contributed by atoms with Crippen LogP contribution < -0.4 is 11.1 Å². The highest BCUT2D eigenvalue weighted by atomic mass is 16.3. The molecular weight excluding hydrogens is 202 g/mol. The van der Waals surface area contributed by atoms with Gasteiger partial charge in [0.2, 0.25) is 0 Å². The zero-order valence-electron chi connectivity index (χ0n) is 10.2. The number of nitrogens with two attached hydrogens (primary N) is 1. The van der Waals surface area contributed by atoms with Gasteiger partial charge < -0.3 is 16.2 Å². The number of aliphatic hydroxyl groups excluding tert-OH is 1. The van der Waals surface area contributed by atoms with Crippen LogP contribution in [0.5, 0.6) is 0 Å². The van der Waals surface area contributed by atoms with Crippen molar-refractivity contribution < 1.29 is 5.11 Å². The lowest BCUT2D eigenvalue weighted by molar-refractivity contribution is 0.161. The molecule has 1 unspecified atom stereocenters. The molecule has 0 saturated carbocycles. The van der Waals surface area contributed by atoms with Crippen molar-refractivity contribution in [3.05, 3.63) is 24.0 Å². The van der Waals surface area contributed by atoms with E-state index in [4.69, 9.17) is 5.73 Å². The van der Waals surface area contributed by atoms with Crippen LogP contribution in [0.3, 0.4) is 0 Å². The first kappa shape index (κ1) is 12.9. The molecule has 4 heteroatoms. The summed E-state index contributed by atoms with van der Waals surface area (Å²) < 4.78 is 0. The molecule has 0 fully saturated rings. The van der Waals surface area contributed by atoms with Crippen LogP contribution in [-0.4, -0.2) is 28.3 Å². The monoisotopic (exact) mass is 223 g/mol. The number of nitrogen functional groups attached to an aromatic ring is 1. The third kappa shape index (κ3) is 4.59. The molecule has 4 nitrogen and oxygen atoms in total. The van der Waals surface area contributed by atoms with Crippen molar-refractivity contribution in [1.82, 2.24) is 10.3 Å². The fourth-order valence-electron chi connectivity index (χ4n) is 1.36. The Bertz CT molecular complexity index is 333. The molecule has 90 valence electrons. The Balaban J connectivity index is 2.46. The molecule has 4 N–H and O–H groups in total. The Morgan fingerprint density at radius 2 is 2.19 bits per heavy atom. The number of hydrogen-bond acceptors (Lipinski definition) is 4. The number of pyridine rings is 1. The molecule has 0 aliphatic rings. The van der Waals surface area contributed by atoms with Gasteiger partial charge in [-0.05, 0) is 32.4 Å². The summed E-state index contributed by atoms with van der Waals surface area (Å²) >= 11 is 0. The number of anilines is 1. The Morgan fingerprint density at radius 1 is 1.50 bits per heavy atom. The number of β-amino-alcohol motifs (C(OH)–C–C–N with tert-alkyl or cyclic N) is 1. The Kier molecular flexibility index (Phi) is 4.26. The third-order valence-electron chi connectivity index (χ3n) is 2.26. The summed E-state index contributed by atoms with van der Waals surface area (Å²) in [5, 5.41) is 13.1. The highest BCUT2D eigenvalue weighted by Crippen LogP contribution is 2.11. The van der Waals surface area contributed by atoms with Crippen LogP contribution in [0, 0.1) is 0 Å². The number of aliphatic hydroxyl groups is 1. The summed E-state index contributed by atoms with van der Waals surface area (Å²) in [5.74, 6) is 0. The fourth-order valence-corrected chi connectivity index (χ4v) is 1.36. The van der Waals surface area contributed by atoms with E-state index in [-0.39, 0.29) is 5.54 Å². The summed E-state index contributed by atoms with van der Waals surface area (Å²) in [4.78, 5) is 4.00. The molecule has 16 heavy (non-hydrogen) atoms. The van der Waals surface area contributed by atoms with Crippen molar-refractivity contribution in [2.45, 2.75) is 38.8 Å². The minimum absolute atomic E-state index is 0.0153. The standard InChI is InChI=1S/C12H21N3O/c1-12(2,3)15-8-10(16)6-9-7-14-5-4-11(9)13/h4-5,7,10,15-16H,6,8H2,1-3H3,(H2,13,14). The van der Waals surface area contributed by atoms with E-state index < -0.39 is 6.10 Å². The molecule has 0 saturated heterocycles. The lowest BCUT2D eigenvalue weighted by Gasteiger charge is -2.23. The summed E-state index contributed by atoms with van der Waals surface area (Å²) in [6.45, 7) is 6.76. The van der Waals surface area contributed by atoms with Crippen molar-refractivity contribution in [3.8, 4) is 0 Å². The van der Waals surface area contributed by atoms with Gasteiger partial charge in [0, 0.05) is 36.6 Å². The van der Waals surface area contributed by atoms with Gasteiger partial charge in [-0.2, -0.15) is 0 Å². The smallest absolute Gasteiger partial charge is 0.0706 e. The second-order valence-corrected chi connectivity index (χ2v) is 5.06. The molecule has 0 aliphatic heterocycles. The van der Waals surface area contributed by atoms with Gasteiger partial charge in [0.15, 0.2) is 0 Å². The van der Waals surface area contributed by atoms with Crippen LogP contribution in [0.2, 0.25) is 0 Å². The van der Waals surface area contributed by atoms with Crippen LogP contribution in [0.1, 0.15) is 26.3 Å². The Labute approximate surface area is 96.9 Å². The van der Waals surface area contributed by atoms with Gasteiger partial charge in [-0.3, -0.25) is 4.98 Å². The Morgan fingerprint density at radius 3 is 2.75 bits per heavy atom. The molecule has 1 heterocycles. The molecule has 0 spiro atoms. The van der Waals surface area contributed by atoms with Crippen molar-refractivity contribution in [2.75, 3.05) is 12.3 Å². The zero-order valence-corrected chi connectivity index (χ0v) is 10.2. The summed E-state index contributed by atoms with van der Waals surface area (Å²) in [5.41, 5.74) is 7.37. The second-order valence-electron chi connectivity index (χ2n) is 5.06. The van der Waals surface area contributed by atoms with E-state index in [9.17, 15) is 5.11 Å². The highest BCUT2D eigenvalue weighted by molar-refractivity contribution is 5.44. The molecular formula is C12H21N3O. The number of hydrogen-bond donors (Lipinski definition) is 3. The van der Waals surface area contributed by atoms with E-state index in [1.165, 1.54) is 0 Å². The summed E-state index contributed by atoms with van der Waals surface area (Å²) in [7, 11) is 0. The van der Waals surface area contributed by atoms with Crippen LogP contribution in [0.25, 0.3) is 0 Å². The van der Waals surface area contributed by atoms with Gasteiger partial charge in [-0.15, -0.1) is 0 Å². The first-order valence-electron chi connectivity index (χ1n) is 5.50. The minimum atomic E-state index is -0.439. The SMILES string of the molecule is CC(C)(C)NCC(O)Cc1cnccc1N. The quantitative estimate of drug-likeness (QED) is 0.711. The van der Waals surface area contributed by atoms with E-state index in [1.807, 2.05) is 0 Å². The van der Waals surface area contributed by atoms with Gasteiger partial charge >= 0.3 is 0 Å². The van der Waals surface area contributed by atoms with Gasteiger partial charge in [0.05, 0.1) is 6.10 Å². The van der Waals surface area contributed by atoms with Crippen molar-refractivity contribution in [2.24, 2.45) is 0 Å². The maximum atomic E-state index is 9.84. The van der Waals surface area contributed by atoms with Crippen molar-refractivity contribution in [3.63, 3.8) is 0 Å². The fraction of sp³-hybridized carbons (Fsp3) is 0.583. The average molecular weight is 223 g/mol. The van der Waals surface area contributed by atoms with Gasteiger partial charge in [-0.25, -0.2) is 0 Å². The van der Waals surface area contributed by atoms with Crippen LogP contribution in [0.15, 0.2) is 18.5 Å². The van der Waals surface area contributed by atoms with Crippen LogP contribution in [-0.2, 0) is 6.42 Å². The lowest BCUT2D eigenvalue weighted by atomic mass is 10.1. The topological polar surface area (TPSA) is 71.2 Å². The molecule has 1 rings (SSSR count). The van der Waals surface area contributed by atoms with E-state index in [2.05, 4.69) is 31.1 Å². The molecule has 1 atom stereocenters. The third-order valence-corrected chi connectivity index (χ3v) is 2.26. The van der Waals surface area contributed by atoms with Crippen LogP contribution in [0.4, 0.5) is 5.69 Å². The molecule has 0 bridgehead atoms. The largest absolute Gasteiger partial charge is 0.398 e. The van der Waals surface area contributed by atoms with E-state index >= 15 is 0 Å². The molecule has 1 aromatic rings. The highest BCUT2D eigenvalue weighted by Gasteiger charge is 2.13. The molecule has 0 aliphatic carbocycles. The zero-order chi connectivity index (χ0) is 12.2. The molecule has 0 amide bonds. The van der Waals surface area contributed by atoms with Crippen LogP contribution >= 0.6 is 0 Å². The Hall–Kier alpha value is -1.13. The first-order valence-corrected chi connectivity index (χ1v) is 5.50. The first-order chi connectivity index (χ1) is 7.38. The maximum absolute atomic E-state index is 9.84. The van der Waals surface area contributed by atoms with Crippen molar-refractivity contribution in [1.29, 1.82) is 0 Å². The number of rotatable bonds is 4. The predicted octanol–water partition coefficient (Wildman–Crippen LogP) is 0.955. The van der Waals surface area contributed by atoms with Gasteiger partial charge in [0.1, 0.15) is 0 Å². The number of nitrogens with zero attached hydrogens (tertiary/aromatic N) is 1. The average Bonchev–Trinajstić information content (AvgIpc) is 2.18. The molecule has 0 radical (unpaired) electrons. The minimum Gasteiger partial charge on any atom is -0.398 e. The van der Waals surface area contributed by atoms with E-state index in [0.717, 1.165) is 5.56 Å². The van der Waals surface area contributed by atoms with Gasteiger partial charge in [0.25, 0.3) is 0 Å².